The van der Waals surface area contributed by atoms with E-state index < -0.39 is 6.10 Å². The van der Waals surface area contributed by atoms with Crippen molar-refractivity contribution in [3.05, 3.63) is 68.4 Å². The Morgan fingerprint density at radius 2 is 2.00 bits per heavy atom. The minimum absolute atomic E-state index is 0.267. The molecule has 0 heterocycles. The Morgan fingerprint density at radius 1 is 1.26 bits per heavy atom. The van der Waals surface area contributed by atoms with Crippen molar-refractivity contribution in [3.8, 4) is 0 Å². The van der Waals surface area contributed by atoms with Crippen LogP contribution in [0.3, 0.4) is 0 Å². The standard InChI is InChI=1S/C15H13BrClFO/c1-9-6-12(18)4-2-10(9)7-15(19)13-8-11(16)3-5-14(13)17/h2-6,8,15,19H,7H2,1H3. The largest absolute Gasteiger partial charge is 0.388 e. The summed E-state index contributed by atoms with van der Waals surface area (Å²) in [7, 11) is 0. The molecular formula is C15H13BrClFO. The lowest BCUT2D eigenvalue weighted by Crippen LogP contribution is -2.04. The highest BCUT2D eigenvalue weighted by atomic mass is 79.9. The second-order valence-corrected chi connectivity index (χ2v) is 5.78. The van der Waals surface area contributed by atoms with Crippen LogP contribution < -0.4 is 0 Å². The monoisotopic (exact) mass is 342 g/mol. The molecule has 0 saturated carbocycles. The molecule has 0 aliphatic rings. The van der Waals surface area contributed by atoms with Gasteiger partial charge in [-0.2, -0.15) is 0 Å². The Hall–Kier alpha value is -0.900. The molecule has 1 atom stereocenters. The molecule has 4 heteroatoms. The van der Waals surface area contributed by atoms with Crippen molar-refractivity contribution in [2.75, 3.05) is 0 Å². The Labute approximate surface area is 125 Å². The Bertz CT molecular complexity index is 601. The minimum Gasteiger partial charge on any atom is -0.388 e. The minimum atomic E-state index is -0.714. The molecule has 0 bridgehead atoms. The highest BCUT2D eigenvalue weighted by molar-refractivity contribution is 9.10. The van der Waals surface area contributed by atoms with Crippen LogP contribution in [0.15, 0.2) is 40.9 Å². The van der Waals surface area contributed by atoms with Crippen molar-refractivity contribution in [2.24, 2.45) is 0 Å². The molecule has 2 aromatic rings. The number of hydrogen-bond acceptors (Lipinski definition) is 1. The molecule has 0 saturated heterocycles. The molecule has 0 aromatic heterocycles. The summed E-state index contributed by atoms with van der Waals surface area (Å²) in [4.78, 5) is 0. The fourth-order valence-electron chi connectivity index (χ4n) is 1.98. The number of halogens is 3. The summed E-state index contributed by atoms with van der Waals surface area (Å²) in [6.45, 7) is 1.83. The lowest BCUT2D eigenvalue weighted by Gasteiger charge is -2.15. The SMILES string of the molecule is Cc1cc(F)ccc1CC(O)c1cc(Br)ccc1Cl. The molecule has 0 spiro atoms. The van der Waals surface area contributed by atoms with E-state index in [0.29, 0.717) is 17.0 Å². The summed E-state index contributed by atoms with van der Waals surface area (Å²) in [6, 6.07) is 9.91. The average Bonchev–Trinajstić information content (AvgIpc) is 2.35. The molecule has 1 nitrogen and oxygen atoms in total. The van der Waals surface area contributed by atoms with E-state index in [-0.39, 0.29) is 5.82 Å². The molecular weight excluding hydrogens is 331 g/mol. The van der Waals surface area contributed by atoms with E-state index in [2.05, 4.69) is 15.9 Å². The van der Waals surface area contributed by atoms with Gasteiger partial charge in [-0.3, -0.25) is 0 Å². The topological polar surface area (TPSA) is 20.2 Å². The van der Waals surface area contributed by atoms with Gasteiger partial charge in [-0.15, -0.1) is 0 Å². The van der Waals surface area contributed by atoms with Crippen LogP contribution in [0.25, 0.3) is 0 Å². The van der Waals surface area contributed by atoms with Gasteiger partial charge in [0.15, 0.2) is 0 Å². The van der Waals surface area contributed by atoms with Crippen LogP contribution in [0.5, 0.6) is 0 Å². The maximum absolute atomic E-state index is 13.0. The zero-order valence-electron chi connectivity index (χ0n) is 10.3. The molecule has 2 rings (SSSR count). The Balaban J connectivity index is 2.25. The van der Waals surface area contributed by atoms with Gasteiger partial charge in [0.25, 0.3) is 0 Å². The third-order valence-corrected chi connectivity index (χ3v) is 3.87. The molecule has 1 unspecified atom stereocenters. The molecule has 19 heavy (non-hydrogen) atoms. The molecule has 100 valence electrons. The maximum Gasteiger partial charge on any atom is 0.123 e. The van der Waals surface area contributed by atoms with Crippen LogP contribution in [0, 0.1) is 12.7 Å². The van der Waals surface area contributed by atoms with E-state index in [9.17, 15) is 9.50 Å². The molecule has 0 aliphatic carbocycles. The number of benzene rings is 2. The van der Waals surface area contributed by atoms with Crippen LogP contribution in [0.4, 0.5) is 4.39 Å². The summed E-state index contributed by atoms with van der Waals surface area (Å²) in [5, 5.41) is 10.8. The third-order valence-electron chi connectivity index (χ3n) is 3.03. The number of aryl methyl sites for hydroxylation is 1. The van der Waals surface area contributed by atoms with Crippen LogP contribution in [0.2, 0.25) is 5.02 Å². The van der Waals surface area contributed by atoms with Gasteiger partial charge >= 0.3 is 0 Å². The summed E-state index contributed by atoms with van der Waals surface area (Å²) in [5.74, 6) is -0.267. The summed E-state index contributed by atoms with van der Waals surface area (Å²) in [5.41, 5.74) is 2.40. The number of rotatable bonds is 3. The van der Waals surface area contributed by atoms with Crippen molar-refractivity contribution in [1.29, 1.82) is 0 Å². The van der Waals surface area contributed by atoms with Gasteiger partial charge in [-0.1, -0.05) is 33.6 Å². The fourth-order valence-corrected chi connectivity index (χ4v) is 2.60. The first-order valence-corrected chi connectivity index (χ1v) is 7.02. The third kappa shape index (κ3) is 3.56. The van der Waals surface area contributed by atoms with E-state index in [0.717, 1.165) is 15.6 Å². The van der Waals surface area contributed by atoms with E-state index in [1.165, 1.54) is 12.1 Å². The fraction of sp³-hybridized carbons (Fsp3) is 0.200. The van der Waals surface area contributed by atoms with E-state index in [4.69, 9.17) is 11.6 Å². The molecule has 2 aromatic carbocycles. The van der Waals surface area contributed by atoms with Crippen molar-refractivity contribution in [3.63, 3.8) is 0 Å². The van der Waals surface area contributed by atoms with Crippen molar-refractivity contribution < 1.29 is 9.50 Å². The summed E-state index contributed by atoms with van der Waals surface area (Å²) < 4.78 is 13.9. The molecule has 0 aliphatic heterocycles. The molecule has 0 radical (unpaired) electrons. The molecule has 0 amide bonds. The number of aliphatic hydroxyl groups excluding tert-OH is 1. The normalized spacial score (nSPS) is 12.5. The summed E-state index contributed by atoms with van der Waals surface area (Å²) in [6.07, 6.45) is -0.309. The van der Waals surface area contributed by atoms with Crippen LogP contribution in [-0.2, 0) is 6.42 Å². The van der Waals surface area contributed by atoms with Crippen molar-refractivity contribution in [2.45, 2.75) is 19.4 Å². The predicted octanol–water partition coefficient (Wildman–Crippen LogP) is 4.83. The van der Waals surface area contributed by atoms with Crippen molar-refractivity contribution >= 4 is 27.5 Å². The van der Waals surface area contributed by atoms with Gasteiger partial charge < -0.3 is 5.11 Å². The first kappa shape index (κ1) is 14.5. The molecule has 0 fully saturated rings. The lowest BCUT2D eigenvalue weighted by molar-refractivity contribution is 0.178. The Morgan fingerprint density at radius 3 is 2.68 bits per heavy atom. The van der Waals surface area contributed by atoms with Crippen LogP contribution in [0.1, 0.15) is 22.8 Å². The van der Waals surface area contributed by atoms with E-state index >= 15 is 0 Å². The average molecular weight is 344 g/mol. The van der Waals surface area contributed by atoms with Crippen LogP contribution in [-0.4, -0.2) is 5.11 Å². The van der Waals surface area contributed by atoms with Gasteiger partial charge in [0, 0.05) is 21.5 Å². The van der Waals surface area contributed by atoms with Gasteiger partial charge in [0.2, 0.25) is 0 Å². The van der Waals surface area contributed by atoms with Gasteiger partial charge in [-0.25, -0.2) is 4.39 Å². The number of aliphatic hydroxyl groups is 1. The van der Waals surface area contributed by atoms with Crippen LogP contribution >= 0.6 is 27.5 Å². The first-order valence-electron chi connectivity index (χ1n) is 5.85. The second-order valence-electron chi connectivity index (χ2n) is 4.46. The molecule has 1 N–H and O–H groups in total. The zero-order chi connectivity index (χ0) is 14.0. The smallest absolute Gasteiger partial charge is 0.123 e. The lowest BCUT2D eigenvalue weighted by atomic mass is 9.98. The second kappa shape index (κ2) is 6.04. The van der Waals surface area contributed by atoms with E-state index in [1.807, 2.05) is 13.0 Å². The number of hydrogen-bond donors (Lipinski definition) is 1. The van der Waals surface area contributed by atoms with Gasteiger partial charge in [-0.05, 0) is 48.4 Å². The summed E-state index contributed by atoms with van der Waals surface area (Å²) >= 11 is 9.44. The van der Waals surface area contributed by atoms with Gasteiger partial charge in [0.05, 0.1) is 6.10 Å². The quantitative estimate of drug-likeness (QED) is 0.846. The Kier molecular flexibility index (Phi) is 4.61. The maximum atomic E-state index is 13.0. The van der Waals surface area contributed by atoms with Crippen molar-refractivity contribution in [1.82, 2.24) is 0 Å². The predicted molar refractivity (Wildman–Crippen MR) is 79.0 cm³/mol. The highest BCUT2D eigenvalue weighted by Crippen LogP contribution is 2.29. The highest BCUT2D eigenvalue weighted by Gasteiger charge is 2.14. The van der Waals surface area contributed by atoms with Gasteiger partial charge in [0.1, 0.15) is 5.82 Å². The van der Waals surface area contributed by atoms with E-state index in [1.54, 1.807) is 18.2 Å². The first-order chi connectivity index (χ1) is 8.97. The zero-order valence-corrected chi connectivity index (χ0v) is 12.7.